The predicted molar refractivity (Wildman–Crippen MR) is 61.8 cm³/mol. The molecule has 88 valence electrons. The van der Waals surface area contributed by atoms with Crippen LogP contribution >= 0.6 is 11.8 Å². The summed E-state index contributed by atoms with van der Waals surface area (Å²) in [5, 5.41) is 7.35. The number of hydrogen-bond acceptors (Lipinski definition) is 4. The van der Waals surface area contributed by atoms with E-state index in [2.05, 4.69) is 0 Å². The molecular weight excluding hydrogens is 242 g/mol. The monoisotopic (exact) mass is 251 g/mol. The van der Waals surface area contributed by atoms with Crippen molar-refractivity contribution >= 4 is 29.0 Å². The largest absolute Gasteiger partial charge is 0.464 e. The molecular formula is C11H9NO4S. The van der Waals surface area contributed by atoms with Crippen LogP contribution in [0, 0.1) is 0 Å². The van der Waals surface area contributed by atoms with Crippen molar-refractivity contribution in [3.8, 4) is 0 Å². The Labute approximate surface area is 101 Å². The fourth-order valence-corrected chi connectivity index (χ4v) is 2.59. The Morgan fingerprint density at radius 2 is 1.94 bits per heavy atom. The first-order valence-electron chi connectivity index (χ1n) is 4.91. The summed E-state index contributed by atoms with van der Waals surface area (Å²) < 4.78 is 0. The first kappa shape index (κ1) is 11.7. The molecule has 6 heteroatoms. The van der Waals surface area contributed by atoms with Gasteiger partial charge in [0, 0.05) is 0 Å². The van der Waals surface area contributed by atoms with Crippen LogP contribution in [-0.2, 0) is 11.2 Å². The quantitative estimate of drug-likeness (QED) is 0.869. The maximum atomic E-state index is 11.7. The molecule has 1 heterocycles. The summed E-state index contributed by atoms with van der Waals surface area (Å²) in [5.74, 6) is -0.656. The Kier molecular flexibility index (Phi) is 3.14. The van der Waals surface area contributed by atoms with E-state index in [-0.39, 0.29) is 4.90 Å². The summed E-state index contributed by atoms with van der Waals surface area (Å²) in [6.45, 7) is 0. The lowest BCUT2D eigenvalue weighted by Gasteiger charge is -2.07. The van der Waals surface area contributed by atoms with Gasteiger partial charge in [-0.3, -0.25) is 9.59 Å². The van der Waals surface area contributed by atoms with Crippen LogP contribution in [0.25, 0.3) is 0 Å². The van der Waals surface area contributed by atoms with Gasteiger partial charge < -0.3 is 5.11 Å². The third-order valence-electron chi connectivity index (χ3n) is 2.38. The number of rotatable bonds is 2. The molecule has 1 atom stereocenters. The average Bonchev–Trinajstić information content (AvgIpc) is 2.55. The Morgan fingerprint density at radius 3 is 2.47 bits per heavy atom. The van der Waals surface area contributed by atoms with Crippen LogP contribution in [0.4, 0.5) is 9.59 Å². The van der Waals surface area contributed by atoms with Gasteiger partial charge in [0.1, 0.15) is 0 Å². The third kappa shape index (κ3) is 2.31. The molecule has 1 unspecified atom stereocenters. The van der Waals surface area contributed by atoms with Crippen LogP contribution in [0.2, 0.25) is 0 Å². The molecule has 0 aromatic heterocycles. The van der Waals surface area contributed by atoms with E-state index in [1.807, 2.05) is 30.3 Å². The van der Waals surface area contributed by atoms with Gasteiger partial charge in [-0.05, 0) is 23.7 Å². The number of benzene rings is 1. The van der Waals surface area contributed by atoms with Gasteiger partial charge in [-0.2, -0.15) is 4.90 Å². The highest BCUT2D eigenvalue weighted by atomic mass is 32.2. The van der Waals surface area contributed by atoms with E-state index in [4.69, 9.17) is 5.11 Å². The van der Waals surface area contributed by atoms with Crippen molar-refractivity contribution in [1.82, 2.24) is 4.90 Å². The predicted octanol–water partition coefficient (Wildman–Crippen LogP) is 1.97. The van der Waals surface area contributed by atoms with Crippen LogP contribution in [0.15, 0.2) is 30.3 Å². The highest BCUT2D eigenvalue weighted by molar-refractivity contribution is 8.15. The number of amides is 3. The summed E-state index contributed by atoms with van der Waals surface area (Å²) in [4.78, 5) is 33.9. The second-order valence-corrected chi connectivity index (χ2v) is 4.67. The van der Waals surface area contributed by atoms with E-state index < -0.39 is 22.5 Å². The maximum Gasteiger partial charge on any atom is 0.421 e. The third-order valence-corrected chi connectivity index (χ3v) is 3.41. The molecule has 0 bridgehead atoms. The Bertz CT molecular complexity index is 474. The molecule has 2 rings (SSSR count). The van der Waals surface area contributed by atoms with Crippen LogP contribution < -0.4 is 0 Å². The van der Waals surface area contributed by atoms with Crippen LogP contribution in [-0.4, -0.2) is 32.5 Å². The molecule has 3 amide bonds. The highest BCUT2D eigenvalue weighted by Gasteiger charge is 2.43. The van der Waals surface area contributed by atoms with Gasteiger partial charge in [-0.1, -0.05) is 30.3 Å². The SMILES string of the molecule is O=C(O)N1C(=O)SC(Cc2ccccc2)C1=O. The molecule has 1 aliphatic heterocycles. The molecule has 1 aromatic carbocycles. The minimum absolute atomic E-state index is 0.276. The minimum Gasteiger partial charge on any atom is -0.464 e. The fraction of sp³-hybridized carbons (Fsp3) is 0.182. The molecule has 1 aromatic rings. The summed E-state index contributed by atoms with van der Waals surface area (Å²) in [5.41, 5.74) is 0.901. The van der Waals surface area contributed by atoms with E-state index in [0.717, 1.165) is 17.3 Å². The van der Waals surface area contributed by atoms with Crippen molar-refractivity contribution in [2.24, 2.45) is 0 Å². The van der Waals surface area contributed by atoms with Gasteiger partial charge in [0.05, 0.1) is 5.25 Å². The number of carbonyl (C=O) groups excluding carboxylic acids is 2. The summed E-state index contributed by atoms with van der Waals surface area (Å²) >= 11 is 0.762. The lowest BCUT2D eigenvalue weighted by Crippen LogP contribution is -2.36. The molecule has 17 heavy (non-hydrogen) atoms. The van der Waals surface area contributed by atoms with Gasteiger partial charge in [-0.15, -0.1) is 0 Å². The zero-order chi connectivity index (χ0) is 12.4. The van der Waals surface area contributed by atoms with Crippen molar-refractivity contribution in [1.29, 1.82) is 0 Å². The van der Waals surface area contributed by atoms with Crippen molar-refractivity contribution in [2.75, 3.05) is 0 Å². The second kappa shape index (κ2) is 4.58. The van der Waals surface area contributed by atoms with Crippen molar-refractivity contribution in [3.63, 3.8) is 0 Å². The molecule has 1 N–H and O–H groups in total. The van der Waals surface area contributed by atoms with E-state index in [1.54, 1.807) is 0 Å². The fourth-order valence-electron chi connectivity index (χ4n) is 1.59. The molecule has 1 aliphatic rings. The normalized spacial score (nSPS) is 19.8. The number of carbonyl (C=O) groups is 3. The van der Waals surface area contributed by atoms with Crippen LogP contribution in [0.5, 0.6) is 0 Å². The van der Waals surface area contributed by atoms with Gasteiger partial charge in [-0.25, -0.2) is 4.79 Å². The van der Waals surface area contributed by atoms with Crippen molar-refractivity contribution < 1.29 is 19.5 Å². The molecule has 0 spiro atoms. The highest BCUT2D eigenvalue weighted by Crippen LogP contribution is 2.29. The van der Waals surface area contributed by atoms with E-state index >= 15 is 0 Å². The van der Waals surface area contributed by atoms with E-state index in [9.17, 15) is 14.4 Å². The van der Waals surface area contributed by atoms with E-state index in [0.29, 0.717) is 6.42 Å². The number of thioether (sulfide) groups is 1. The first-order chi connectivity index (χ1) is 8.09. The number of hydrogen-bond donors (Lipinski definition) is 1. The Hall–Kier alpha value is -1.82. The number of imide groups is 3. The second-order valence-electron chi connectivity index (χ2n) is 3.52. The molecule has 0 saturated carbocycles. The smallest absolute Gasteiger partial charge is 0.421 e. The van der Waals surface area contributed by atoms with E-state index in [1.165, 1.54) is 0 Å². The summed E-state index contributed by atoms with van der Waals surface area (Å²) in [6, 6.07) is 9.18. The van der Waals surface area contributed by atoms with Gasteiger partial charge >= 0.3 is 6.09 Å². The summed E-state index contributed by atoms with van der Waals surface area (Å²) in [6.07, 6.45) is -1.15. The number of nitrogens with zero attached hydrogens (tertiary/aromatic N) is 1. The standard InChI is InChI=1S/C11H9NO4S/c13-9-8(6-7-4-2-1-3-5-7)17-11(16)12(9)10(14)15/h1-5,8H,6H2,(H,14,15). The van der Waals surface area contributed by atoms with Crippen molar-refractivity contribution in [2.45, 2.75) is 11.7 Å². The van der Waals surface area contributed by atoms with Gasteiger partial charge in [0.2, 0.25) is 0 Å². The molecule has 1 fully saturated rings. The lowest BCUT2D eigenvalue weighted by molar-refractivity contribution is -0.125. The topological polar surface area (TPSA) is 74.7 Å². The zero-order valence-electron chi connectivity index (χ0n) is 8.70. The Morgan fingerprint density at radius 1 is 1.29 bits per heavy atom. The zero-order valence-corrected chi connectivity index (χ0v) is 9.52. The summed E-state index contributed by atoms with van der Waals surface area (Å²) in [7, 11) is 0. The first-order valence-corrected chi connectivity index (χ1v) is 5.79. The Balaban J connectivity index is 2.12. The van der Waals surface area contributed by atoms with Gasteiger partial charge in [0.15, 0.2) is 0 Å². The van der Waals surface area contributed by atoms with Crippen LogP contribution in [0.3, 0.4) is 0 Å². The van der Waals surface area contributed by atoms with Crippen molar-refractivity contribution in [3.05, 3.63) is 35.9 Å². The van der Waals surface area contributed by atoms with Gasteiger partial charge in [0.25, 0.3) is 11.1 Å². The minimum atomic E-state index is -1.51. The molecule has 0 radical (unpaired) electrons. The average molecular weight is 251 g/mol. The molecule has 5 nitrogen and oxygen atoms in total. The van der Waals surface area contributed by atoms with Crippen LogP contribution in [0.1, 0.15) is 5.56 Å². The maximum absolute atomic E-state index is 11.7. The lowest BCUT2D eigenvalue weighted by atomic mass is 10.1. The molecule has 1 saturated heterocycles. The number of carboxylic acid groups (broad SMARTS) is 1. The molecule has 0 aliphatic carbocycles.